The van der Waals surface area contributed by atoms with Gasteiger partial charge in [0, 0.05) is 12.7 Å². The van der Waals surface area contributed by atoms with Crippen LogP contribution >= 0.6 is 32.4 Å². The molecule has 0 saturated heterocycles. The van der Waals surface area contributed by atoms with Crippen LogP contribution in [0.15, 0.2) is 0 Å². The molecule has 0 aliphatic carbocycles. The highest BCUT2D eigenvalue weighted by Crippen LogP contribution is 2.35. The third-order valence-electron chi connectivity index (χ3n) is 8.15. The molecule has 0 unspecified atom stereocenters. The largest absolute Gasteiger partial charge is 0.371 e. The summed E-state index contributed by atoms with van der Waals surface area (Å²) in [6.45, 7) is 0.977. The lowest BCUT2D eigenvalue weighted by Crippen LogP contribution is -2.17. The van der Waals surface area contributed by atoms with Crippen LogP contribution in [0.5, 0.6) is 0 Å². The van der Waals surface area contributed by atoms with E-state index >= 15 is 0 Å². The molecule has 0 atom stereocenters. The maximum absolute atomic E-state index is 10.8. The van der Waals surface area contributed by atoms with E-state index in [1.165, 1.54) is 173 Å². The lowest BCUT2D eigenvalue weighted by molar-refractivity contribution is 0.370. The summed E-state index contributed by atoms with van der Waals surface area (Å²) in [5.74, 6) is 0. The maximum Gasteiger partial charge on any atom is 0.325 e. The summed E-state index contributed by atoms with van der Waals surface area (Å²) in [7, 11) is -3.77. The van der Waals surface area contributed by atoms with E-state index in [1.54, 1.807) is 0 Å². The van der Waals surface area contributed by atoms with Crippen LogP contribution in [0.3, 0.4) is 0 Å². The van der Waals surface area contributed by atoms with E-state index in [0.29, 0.717) is 10.7 Å². The Bertz CT molecular complexity index is 574. The zero-order valence-corrected chi connectivity index (χ0v) is 28.8. The number of hydrogen-bond donors (Lipinski definition) is 4. The van der Waals surface area contributed by atoms with Gasteiger partial charge in [-0.3, -0.25) is 4.57 Å². The fourth-order valence-corrected chi connectivity index (χ4v) is 6.44. The first-order valence-corrected chi connectivity index (χ1v) is 20.1. The number of unbranched alkanes of at least 4 members (excludes halogenated alkanes) is 29. The number of hydrogen-bond acceptors (Lipinski definition) is 2. The van der Waals surface area contributed by atoms with Gasteiger partial charge in [0.25, 0.3) is 0 Å². The monoisotopic (exact) mass is 621 g/mol. The molecular formula is C33H68NO3PS2. The molecule has 4 nitrogen and oxygen atoms in total. The Balaban J connectivity index is 3.06. The van der Waals surface area contributed by atoms with Gasteiger partial charge in [0.2, 0.25) is 0 Å². The average Bonchev–Trinajstić information content (AvgIpc) is 2.90. The summed E-state index contributed by atoms with van der Waals surface area (Å²) in [6.07, 6.45) is 40.5. The Hall–Kier alpha value is 0.390. The highest BCUT2D eigenvalue weighted by Gasteiger charge is 2.10. The zero-order valence-electron chi connectivity index (χ0n) is 26.2. The third-order valence-corrected chi connectivity index (χ3v) is 9.35. The first-order chi connectivity index (χ1) is 19.4. The van der Waals surface area contributed by atoms with Crippen molar-refractivity contribution < 1.29 is 14.4 Å². The molecule has 0 amide bonds. The zero-order chi connectivity index (χ0) is 29.4. The summed E-state index contributed by atoms with van der Waals surface area (Å²) in [5.41, 5.74) is 0. The van der Waals surface area contributed by atoms with Crippen LogP contribution in [0.2, 0.25) is 0 Å². The molecule has 0 radical (unpaired) electrons. The van der Waals surface area contributed by atoms with Gasteiger partial charge in [-0.25, -0.2) is 0 Å². The molecule has 0 rings (SSSR count). The van der Waals surface area contributed by atoms with Crippen LogP contribution in [0.25, 0.3) is 0 Å². The summed E-state index contributed by atoms with van der Waals surface area (Å²) < 4.78 is 11.4. The smallest absolute Gasteiger partial charge is 0.325 e. The van der Waals surface area contributed by atoms with Crippen LogP contribution in [0.4, 0.5) is 0 Å². The van der Waals surface area contributed by atoms with E-state index in [2.05, 4.69) is 17.9 Å². The minimum absolute atomic E-state index is 0.0583. The summed E-state index contributed by atoms with van der Waals surface area (Å²) >= 11 is 8.97. The maximum atomic E-state index is 10.8. The van der Waals surface area contributed by atoms with Gasteiger partial charge in [0.1, 0.15) is 4.32 Å². The van der Waals surface area contributed by atoms with Crippen LogP contribution in [0, 0.1) is 0 Å². The Morgan fingerprint density at radius 3 is 0.850 bits per heavy atom. The van der Waals surface area contributed by atoms with Gasteiger partial charge in [0.15, 0.2) is 0 Å². The molecule has 240 valence electrons. The van der Waals surface area contributed by atoms with Crippen molar-refractivity contribution >= 4 is 36.8 Å². The topological polar surface area (TPSA) is 69.6 Å². The Morgan fingerprint density at radius 2 is 0.650 bits per heavy atom. The van der Waals surface area contributed by atoms with Crippen molar-refractivity contribution in [3.05, 3.63) is 0 Å². The number of thiocarbonyl (C=S) groups is 1. The van der Waals surface area contributed by atoms with E-state index in [0.717, 1.165) is 19.4 Å². The van der Waals surface area contributed by atoms with Gasteiger partial charge in [0.05, 0.1) is 0 Å². The van der Waals surface area contributed by atoms with Crippen molar-refractivity contribution in [2.75, 3.05) is 12.7 Å². The molecule has 3 N–H and O–H groups in total. The van der Waals surface area contributed by atoms with Crippen LogP contribution in [-0.2, 0) is 4.57 Å². The van der Waals surface area contributed by atoms with Crippen molar-refractivity contribution in [1.29, 1.82) is 0 Å². The molecule has 0 aromatic rings. The second kappa shape index (κ2) is 32.3. The van der Waals surface area contributed by atoms with Gasteiger partial charge in [-0.15, -0.1) is 12.6 Å². The van der Waals surface area contributed by atoms with E-state index < -0.39 is 7.60 Å². The molecule has 0 spiro atoms. The lowest BCUT2D eigenvalue weighted by Gasteiger charge is -2.05. The fraction of sp³-hybridized carbons (Fsp3) is 0.970. The predicted octanol–water partition coefficient (Wildman–Crippen LogP) is 11.7. The van der Waals surface area contributed by atoms with Crippen molar-refractivity contribution in [3.8, 4) is 0 Å². The minimum atomic E-state index is -3.77. The van der Waals surface area contributed by atoms with Crippen LogP contribution in [-0.4, -0.2) is 26.8 Å². The molecule has 7 heteroatoms. The molecule has 0 aliphatic heterocycles. The highest BCUT2D eigenvalue weighted by molar-refractivity contribution is 8.11. The molecule has 0 heterocycles. The SMILES string of the molecule is O=P(O)(O)CCCCCCCCCCCCCCCCCCCCCCCCCCCCCCCCNC(=S)S. The second-order valence-electron chi connectivity index (χ2n) is 12.2. The van der Waals surface area contributed by atoms with E-state index in [4.69, 9.17) is 22.0 Å². The molecule has 0 bridgehead atoms. The quantitative estimate of drug-likeness (QED) is 0.0254. The lowest BCUT2D eigenvalue weighted by atomic mass is 10.0. The van der Waals surface area contributed by atoms with Crippen LogP contribution < -0.4 is 5.32 Å². The van der Waals surface area contributed by atoms with Gasteiger partial charge in [-0.05, 0) is 12.8 Å². The third kappa shape index (κ3) is 38.4. The first kappa shape index (κ1) is 40.4. The van der Waals surface area contributed by atoms with Gasteiger partial charge in [-0.1, -0.05) is 192 Å². The number of thiol groups is 1. The molecule has 0 aromatic heterocycles. The van der Waals surface area contributed by atoms with Gasteiger partial charge < -0.3 is 15.1 Å². The number of nitrogens with one attached hydrogen (secondary N) is 1. The number of rotatable bonds is 33. The minimum Gasteiger partial charge on any atom is -0.371 e. The summed E-state index contributed by atoms with van der Waals surface area (Å²) in [5, 5.41) is 3.11. The Labute approximate surface area is 261 Å². The standard InChI is InChI=1S/C33H68NO3PS2/c35-38(36,37)32-30-28-26-24-22-20-18-16-14-12-10-8-6-4-2-1-3-5-7-9-11-13-15-17-19-21-23-25-27-29-31-34-33(39)40/h1-32H2,(H2,34,39,40)(H2,35,36,37). The summed E-state index contributed by atoms with van der Waals surface area (Å²) in [4.78, 5) is 17.7. The van der Waals surface area contributed by atoms with Crippen molar-refractivity contribution in [1.82, 2.24) is 5.32 Å². The van der Waals surface area contributed by atoms with E-state index in [9.17, 15) is 4.57 Å². The van der Waals surface area contributed by atoms with Gasteiger partial charge in [-0.2, -0.15) is 0 Å². The Kier molecular flexibility index (Phi) is 32.6. The highest BCUT2D eigenvalue weighted by atomic mass is 32.1. The molecule has 0 saturated carbocycles. The first-order valence-electron chi connectivity index (χ1n) is 17.4. The average molecular weight is 622 g/mol. The molecule has 0 aliphatic rings. The molecule has 40 heavy (non-hydrogen) atoms. The van der Waals surface area contributed by atoms with E-state index in [1.807, 2.05) is 0 Å². The Morgan fingerprint density at radius 1 is 0.450 bits per heavy atom. The van der Waals surface area contributed by atoms with Crippen molar-refractivity contribution in [2.24, 2.45) is 0 Å². The molecule has 0 aromatic carbocycles. The van der Waals surface area contributed by atoms with E-state index in [-0.39, 0.29) is 6.16 Å². The molecule has 0 fully saturated rings. The van der Waals surface area contributed by atoms with Gasteiger partial charge >= 0.3 is 7.60 Å². The fourth-order valence-electron chi connectivity index (χ4n) is 5.59. The second-order valence-corrected chi connectivity index (χ2v) is 15.2. The summed E-state index contributed by atoms with van der Waals surface area (Å²) in [6, 6.07) is 0. The normalized spacial score (nSPS) is 11.8. The molecular weight excluding hydrogens is 553 g/mol. The van der Waals surface area contributed by atoms with Crippen molar-refractivity contribution in [2.45, 2.75) is 193 Å². The van der Waals surface area contributed by atoms with Crippen molar-refractivity contribution in [3.63, 3.8) is 0 Å². The predicted molar refractivity (Wildman–Crippen MR) is 185 cm³/mol. The van der Waals surface area contributed by atoms with Crippen LogP contribution in [0.1, 0.15) is 193 Å².